The highest BCUT2D eigenvalue weighted by molar-refractivity contribution is 9.10. The number of hydrogen-bond donors (Lipinski definition) is 1. The zero-order valence-electron chi connectivity index (χ0n) is 9.60. The van der Waals surface area contributed by atoms with E-state index in [1.165, 1.54) is 6.92 Å². The highest BCUT2D eigenvalue weighted by atomic mass is 79.9. The monoisotopic (exact) mass is 319 g/mol. The molecule has 1 aromatic rings. The molecular formula is C11H14BrNO3S. The fourth-order valence-corrected chi connectivity index (χ4v) is 2.09. The van der Waals surface area contributed by atoms with Gasteiger partial charge < -0.3 is 5.32 Å². The third-order valence-electron chi connectivity index (χ3n) is 2.37. The quantitative estimate of drug-likeness (QED) is 0.914. The van der Waals surface area contributed by atoms with Gasteiger partial charge in [-0.3, -0.25) is 4.79 Å². The lowest BCUT2D eigenvalue weighted by molar-refractivity contribution is -0.120. The van der Waals surface area contributed by atoms with Gasteiger partial charge in [0.15, 0.2) is 9.84 Å². The molecule has 0 aromatic heterocycles. The molecular weight excluding hydrogens is 306 g/mol. The van der Waals surface area contributed by atoms with Crippen molar-refractivity contribution in [2.75, 3.05) is 6.26 Å². The van der Waals surface area contributed by atoms with Gasteiger partial charge >= 0.3 is 0 Å². The van der Waals surface area contributed by atoms with Crippen LogP contribution in [0.1, 0.15) is 12.5 Å². The second kappa shape index (κ2) is 5.64. The van der Waals surface area contributed by atoms with Crippen LogP contribution >= 0.6 is 15.9 Å². The van der Waals surface area contributed by atoms with Crippen LogP contribution in [0.4, 0.5) is 0 Å². The highest BCUT2D eigenvalue weighted by Crippen LogP contribution is 2.11. The molecule has 1 aromatic carbocycles. The van der Waals surface area contributed by atoms with Gasteiger partial charge in [-0.25, -0.2) is 8.42 Å². The first-order valence-corrected chi connectivity index (χ1v) is 7.76. The number of carbonyl (C=O) groups excluding carboxylic acids is 1. The minimum Gasteiger partial charge on any atom is -0.351 e. The molecule has 0 radical (unpaired) electrons. The van der Waals surface area contributed by atoms with Gasteiger partial charge in [-0.15, -0.1) is 0 Å². The molecule has 0 saturated heterocycles. The third kappa shape index (κ3) is 4.47. The van der Waals surface area contributed by atoms with E-state index in [0.29, 0.717) is 6.54 Å². The zero-order chi connectivity index (χ0) is 13.1. The van der Waals surface area contributed by atoms with Gasteiger partial charge in [-0.05, 0) is 24.6 Å². The first kappa shape index (κ1) is 14.2. The van der Waals surface area contributed by atoms with E-state index in [9.17, 15) is 13.2 Å². The van der Waals surface area contributed by atoms with Crippen molar-refractivity contribution < 1.29 is 13.2 Å². The van der Waals surface area contributed by atoms with Crippen LogP contribution in [0, 0.1) is 0 Å². The summed E-state index contributed by atoms with van der Waals surface area (Å²) in [5.41, 5.74) is 0.911. The van der Waals surface area contributed by atoms with E-state index in [1.54, 1.807) is 0 Å². The fourth-order valence-electron chi connectivity index (χ4n) is 1.17. The van der Waals surface area contributed by atoms with Gasteiger partial charge in [0.25, 0.3) is 0 Å². The van der Waals surface area contributed by atoms with Gasteiger partial charge in [0.05, 0.1) is 0 Å². The van der Waals surface area contributed by atoms with Crippen molar-refractivity contribution in [2.24, 2.45) is 0 Å². The number of carbonyl (C=O) groups is 1. The predicted octanol–water partition coefficient (Wildman–Crippen LogP) is 1.50. The van der Waals surface area contributed by atoms with Crippen LogP contribution < -0.4 is 5.32 Å². The van der Waals surface area contributed by atoms with Crippen LogP contribution in [0.5, 0.6) is 0 Å². The summed E-state index contributed by atoms with van der Waals surface area (Å²) in [7, 11) is -3.34. The molecule has 0 aliphatic rings. The molecule has 1 rings (SSSR count). The third-order valence-corrected chi connectivity index (χ3v) is 4.36. The molecule has 0 aliphatic heterocycles. The molecule has 1 N–H and O–H groups in total. The molecule has 4 nitrogen and oxygen atoms in total. The first-order chi connectivity index (χ1) is 7.80. The zero-order valence-corrected chi connectivity index (χ0v) is 12.0. The standard InChI is InChI=1S/C11H14BrNO3S/c1-8(17(2,15)16)11(14)13-7-9-4-3-5-10(12)6-9/h3-6,8H,7H2,1-2H3,(H,13,14). The van der Waals surface area contributed by atoms with Crippen molar-refractivity contribution in [3.8, 4) is 0 Å². The Kier molecular flexibility index (Phi) is 4.70. The van der Waals surface area contributed by atoms with Crippen molar-refractivity contribution in [3.63, 3.8) is 0 Å². The summed E-state index contributed by atoms with van der Waals surface area (Å²) < 4.78 is 23.3. The molecule has 1 amide bonds. The summed E-state index contributed by atoms with van der Waals surface area (Å²) in [5, 5.41) is 1.57. The predicted molar refractivity (Wildman–Crippen MR) is 70.3 cm³/mol. The van der Waals surface area contributed by atoms with Gasteiger partial charge in [-0.2, -0.15) is 0 Å². The fraction of sp³-hybridized carbons (Fsp3) is 0.364. The molecule has 0 heterocycles. The first-order valence-electron chi connectivity index (χ1n) is 5.01. The van der Waals surface area contributed by atoms with Crippen LogP contribution in [0.15, 0.2) is 28.7 Å². The number of hydrogen-bond acceptors (Lipinski definition) is 3. The van der Waals surface area contributed by atoms with E-state index in [2.05, 4.69) is 21.2 Å². The Morgan fingerprint density at radius 2 is 2.12 bits per heavy atom. The maximum absolute atomic E-state index is 11.5. The molecule has 6 heteroatoms. The summed E-state index contributed by atoms with van der Waals surface area (Å²) in [6, 6.07) is 7.46. The summed E-state index contributed by atoms with van der Waals surface area (Å²) in [4.78, 5) is 11.5. The van der Waals surface area contributed by atoms with Gasteiger partial charge in [0.1, 0.15) is 5.25 Å². The number of amides is 1. The average molecular weight is 320 g/mol. The Morgan fingerprint density at radius 3 is 2.65 bits per heavy atom. The molecule has 0 saturated carbocycles. The number of nitrogens with one attached hydrogen (secondary N) is 1. The van der Waals surface area contributed by atoms with Gasteiger partial charge in [0, 0.05) is 17.3 Å². The number of benzene rings is 1. The molecule has 0 fully saturated rings. The number of rotatable bonds is 4. The molecule has 0 aliphatic carbocycles. The second-order valence-corrected chi connectivity index (χ2v) is 7.10. The lowest BCUT2D eigenvalue weighted by atomic mass is 10.2. The highest BCUT2D eigenvalue weighted by Gasteiger charge is 2.22. The normalized spacial score (nSPS) is 13.1. The molecule has 17 heavy (non-hydrogen) atoms. The van der Waals surface area contributed by atoms with Crippen molar-refractivity contribution in [2.45, 2.75) is 18.7 Å². The maximum atomic E-state index is 11.5. The Balaban J connectivity index is 2.60. The molecule has 1 unspecified atom stereocenters. The van der Waals surface area contributed by atoms with E-state index >= 15 is 0 Å². The lowest BCUT2D eigenvalue weighted by Gasteiger charge is -2.10. The van der Waals surface area contributed by atoms with Gasteiger partial charge in [0.2, 0.25) is 5.91 Å². The Morgan fingerprint density at radius 1 is 1.47 bits per heavy atom. The van der Waals surface area contributed by atoms with E-state index < -0.39 is 21.0 Å². The lowest BCUT2D eigenvalue weighted by Crippen LogP contribution is -2.36. The largest absolute Gasteiger partial charge is 0.351 e. The SMILES string of the molecule is CC(C(=O)NCc1cccc(Br)c1)S(C)(=O)=O. The smallest absolute Gasteiger partial charge is 0.238 e. The van der Waals surface area contributed by atoms with Crippen molar-refractivity contribution in [3.05, 3.63) is 34.3 Å². The maximum Gasteiger partial charge on any atom is 0.238 e. The van der Waals surface area contributed by atoms with E-state index in [-0.39, 0.29) is 0 Å². The number of sulfone groups is 1. The van der Waals surface area contributed by atoms with Gasteiger partial charge in [-0.1, -0.05) is 28.1 Å². The van der Waals surface area contributed by atoms with Crippen LogP contribution in [0.3, 0.4) is 0 Å². The summed E-state index contributed by atoms with van der Waals surface area (Å²) in [6.07, 6.45) is 1.05. The minimum atomic E-state index is -3.34. The summed E-state index contributed by atoms with van der Waals surface area (Å²) in [6.45, 7) is 1.70. The van der Waals surface area contributed by atoms with E-state index in [4.69, 9.17) is 0 Å². The molecule has 0 spiro atoms. The van der Waals surface area contributed by atoms with Crippen molar-refractivity contribution >= 4 is 31.7 Å². The number of halogens is 1. The van der Waals surface area contributed by atoms with Crippen LogP contribution in [0.25, 0.3) is 0 Å². The van der Waals surface area contributed by atoms with Crippen LogP contribution in [-0.2, 0) is 21.2 Å². The van der Waals surface area contributed by atoms with Crippen molar-refractivity contribution in [1.82, 2.24) is 5.32 Å². The molecule has 94 valence electrons. The second-order valence-electron chi connectivity index (χ2n) is 3.82. The van der Waals surface area contributed by atoms with E-state index in [1.807, 2.05) is 24.3 Å². The van der Waals surface area contributed by atoms with Crippen LogP contribution in [-0.4, -0.2) is 25.8 Å². The minimum absolute atomic E-state index is 0.318. The van der Waals surface area contributed by atoms with E-state index in [0.717, 1.165) is 16.3 Å². The van der Waals surface area contributed by atoms with Crippen LogP contribution in [0.2, 0.25) is 0 Å². The Hall–Kier alpha value is -0.880. The Bertz CT molecular complexity index is 513. The average Bonchev–Trinajstić information content (AvgIpc) is 2.23. The molecule has 1 atom stereocenters. The summed E-state index contributed by atoms with van der Waals surface area (Å²) >= 11 is 3.32. The topological polar surface area (TPSA) is 63.2 Å². The van der Waals surface area contributed by atoms with Crippen molar-refractivity contribution in [1.29, 1.82) is 0 Å². The summed E-state index contributed by atoms with van der Waals surface area (Å²) in [5.74, 6) is -0.479. The molecule has 0 bridgehead atoms. The Labute approximate surface area is 109 Å².